The highest BCUT2D eigenvalue weighted by molar-refractivity contribution is 7.07. The average molecular weight is 240 g/mol. The smallest absolute Gasteiger partial charge is 0.224 e. The molecule has 0 amide bonds. The number of rotatable bonds is 3. The third kappa shape index (κ3) is 3.81. The molecule has 1 rings (SSSR count). The van der Waals surface area contributed by atoms with E-state index in [-0.39, 0.29) is 17.0 Å². The van der Waals surface area contributed by atoms with Gasteiger partial charge >= 0.3 is 0 Å². The van der Waals surface area contributed by atoms with Crippen molar-refractivity contribution < 1.29 is 31.4 Å². The second-order valence-electron chi connectivity index (χ2n) is 1.91. The van der Waals surface area contributed by atoms with E-state index < -0.39 is 6.29 Å². The predicted molar refractivity (Wildman–Crippen MR) is 37.5 cm³/mol. The highest BCUT2D eigenvalue weighted by atomic mass is 79.9. The molecule has 64 valence electrons. The molecule has 5 heteroatoms. The summed E-state index contributed by atoms with van der Waals surface area (Å²) in [4.78, 5) is 0. The van der Waals surface area contributed by atoms with E-state index in [4.69, 9.17) is 5.11 Å². The van der Waals surface area contributed by atoms with Crippen LogP contribution in [0.15, 0.2) is 17.1 Å². The van der Waals surface area contributed by atoms with Crippen LogP contribution >= 0.6 is 11.3 Å². The highest BCUT2D eigenvalue weighted by Gasteiger charge is 2.08. The topological polar surface area (TPSA) is 33.3 Å². The average Bonchev–Trinajstić information content (AvgIpc) is 2.40. The Morgan fingerprint density at radius 2 is 2.45 bits per heavy atom. The molecule has 1 aromatic rings. The summed E-state index contributed by atoms with van der Waals surface area (Å²) in [5.74, 6) is 0. The molecule has 0 radical (unpaired) electrons. The van der Waals surface area contributed by atoms with Gasteiger partial charge < -0.3 is 26.8 Å². The molecular weight excluding hydrogens is 230 g/mol. The van der Waals surface area contributed by atoms with Crippen molar-refractivity contribution in [2.45, 2.75) is 12.8 Å². The summed E-state index contributed by atoms with van der Waals surface area (Å²) in [5, 5.41) is 10.9. The first kappa shape index (κ1) is 11.0. The van der Waals surface area contributed by atoms with Crippen molar-refractivity contribution in [3.63, 3.8) is 0 Å². The van der Waals surface area contributed by atoms with E-state index >= 15 is 0 Å². The number of aliphatic hydroxyl groups excluding tert-OH is 1. The van der Waals surface area contributed by atoms with Crippen LogP contribution in [0.5, 0.6) is 0 Å². The van der Waals surface area contributed by atoms with E-state index in [2.05, 4.69) is 4.74 Å². The van der Waals surface area contributed by atoms with Crippen LogP contribution in [0.25, 0.3) is 0 Å². The fraction of sp³-hybridized carbons (Fsp3) is 0.500. The lowest BCUT2D eigenvalue weighted by Gasteiger charge is -2.00. The Morgan fingerprint density at radius 3 is 2.91 bits per heavy atom. The molecule has 0 aromatic carbocycles. The molecule has 3 nitrogen and oxygen atoms in total. The number of halogens is 1. The third-order valence-corrected chi connectivity index (χ3v) is 1.84. The van der Waals surface area contributed by atoms with Gasteiger partial charge in [-0.25, -0.2) is 0 Å². The number of thiazole rings is 1. The van der Waals surface area contributed by atoms with Crippen molar-refractivity contribution in [1.82, 2.24) is 0 Å². The van der Waals surface area contributed by atoms with Crippen LogP contribution in [0.1, 0.15) is 0 Å². The van der Waals surface area contributed by atoms with E-state index in [0.29, 0.717) is 6.54 Å². The number of ether oxygens (including phenoxy) is 1. The summed E-state index contributed by atoms with van der Waals surface area (Å²) in [6, 6.07) is 0. The molecule has 0 aliphatic heterocycles. The summed E-state index contributed by atoms with van der Waals surface area (Å²) in [7, 11) is 1.48. The normalized spacial score (nSPS) is 12.2. The lowest BCUT2D eigenvalue weighted by atomic mass is 10.6. The van der Waals surface area contributed by atoms with E-state index in [1.165, 1.54) is 7.11 Å². The first-order chi connectivity index (χ1) is 4.83. The minimum Gasteiger partial charge on any atom is -1.00 e. The van der Waals surface area contributed by atoms with Gasteiger partial charge in [0.15, 0.2) is 12.7 Å². The van der Waals surface area contributed by atoms with Crippen molar-refractivity contribution in [1.29, 1.82) is 0 Å². The minimum absolute atomic E-state index is 0. The van der Waals surface area contributed by atoms with Gasteiger partial charge in [0.1, 0.15) is 0 Å². The van der Waals surface area contributed by atoms with E-state index in [9.17, 15) is 0 Å². The van der Waals surface area contributed by atoms with Crippen LogP contribution in [0.3, 0.4) is 0 Å². The van der Waals surface area contributed by atoms with E-state index in [1.54, 1.807) is 11.3 Å². The fourth-order valence-electron chi connectivity index (χ4n) is 0.621. The summed E-state index contributed by atoms with van der Waals surface area (Å²) in [6.45, 7) is 0.500. The maximum Gasteiger partial charge on any atom is 0.224 e. The molecule has 0 saturated heterocycles. The number of methoxy groups -OCH3 is 1. The van der Waals surface area contributed by atoms with Crippen LogP contribution in [-0.4, -0.2) is 18.5 Å². The van der Waals surface area contributed by atoms with Gasteiger partial charge in [-0.1, -0.05) is 11.3 Å². The monoisotopic (exact) mass is 239 g/mol. The number of hydrogen-bond acceptors (Lipinski definition) is 3. The molecule has 1 aromatic heterocycles. The van der Waals surface area contributed by atoms with Crippen LogP contribution in [0.2, 0.25) is 0 Å². The lowest BCUT2D eigenvalue weighted by molar-refractivity contribution is -0.705. The zero-order valence-electron chi connectivity index (χ0n) is 6.11. The van der Waals surface area contributed by atoms with Crippen molar-refractivity contribution in [3.8, 4) is 0 Å². The molecule has 11 heavy (non-hydrogen) atoms. The van der Waals surface area contributed by atoms with Gasteiger partial charge in [-0.15, -0.1) is 0 Å². The number of aliphatic hydroxyl groups is 1. The minimum atomic E-state index is -0.695. The first-order valence-electron chi connectivity index (χ1n) is 2.95. The van der Waals surface area contributed by atoms with Crippen LogP contribution in [0, 0.1) is 0 Å². The van der Waals surface area contributed by atoms with Crippen LogP contribution in [-0.2, 0) is 11.3 Å². The molecule has 0 bridgehead atoms. The summed E-state index contributed by atoms with van der Waals surface area (Å²) in [6.07, 6.45) is 1.20. The number of hydrogen-bond donors (Lipinski definition) is 1. The zero-order chi connectivity index (χ0) is 7.40. The summed E-state index contributed by atoms with van der Waals surface area (Å²) in [5.41, 5.74) is 1.92. The molecule has 1 unspecified atom stereocenters. The van der Waals surface area contributed by atoms with Crippen molar-refractivity contribution >= 4 is 11.3 Å². The Hall–Kier alpha value is 0.0300. The fourth-order valence-corrected chi connectivity index (χ4v) is 1.23. The van der Waals surface area contributed by atoms with Gasteiger partial charge in [-0.2, -0.15) is 4.57 Å². The maximum atomic E-state index is 8.99. The molecule has 0 saturated carbocycles. The predicted octanol–water partition coefficient (Wildman–Crippen LogP) is -3.00. The first-order valence-corrected chi connectivity index (χ1v) is 3.89. The number of aromatic nitrogens is 1. The maximum absolute atomic E-state index is 8.99. The van der Waals surface area contributed by atoms with Gasteiger partial charge in [0.05, 0.1) is 5.38 Å². The van der Waals surface area contributed by atoms with Gasteiger partial charge in [0.25, 0.3) is 0 Å². The van der Waals surface area contributed by atoms with Gasteiger partial charge in [-0.3, -0.25) is 0 Å². The van der Waals surface area contributed by atoms with E-state index in [1.807, 2.05) is 21.7 Å². The van der Waals surface area contributed by atoms with Crippen molar-refractivity contribution in [3.05, 3.63) is 17.1 Å². The molecule has 0 spiro atoms. The number of nitrogens with zero attached hydrogens (tertiary/aromatic N) is 1. The van der Waals surface area contributed by atoms with Gasteiger partial charge in [0, 0.05) is 7.11 Å². The molecule has 1 atom stereocenters. The molecule has 0 aliphatic rings. The highest BCUT2D eigenvalue weighted by Crippen LogP contribution is 1.89. The Balaban J connectivity index is 0.000001000. The van der Waals surface area contributed by atoms with Gasteiger partial charge in [0.2, 0.25) is 11.8 Å². The lowest BCUT2D eigenvalue weighted by Crippen LogP contribution is -3.00. The van der Waals surface area contributed by atoms with Crippen molar-refractivity contribution in [2.24, 2.45) is 0 Å². The third-order valence-electron chi connectivity index (χ3n) is 1.17. The molecule has 1 N–H and O–H groups in total. The Morgan fingerprint density at radius 1 is 1.73 bits per heavy atom. The summed E-state index contributed by atoms with van der Waals surface area (Å²) < 4.78 is 6.54. The van der Waals surface area contributed by atoms with Crippen molar-refractivity contribution in [2.75, 3.05) is 7.11 Å². The molecule has 0 aliphatic carbocycles. The van der Waals surface area contributed by atoms with E-state index in [0.717, 1.165) is 0 Å². The Kier molecular flexibility index (Phi) is 5.67. The van der Waals surface area contributed by atoms with Crippen LogP contribution < -0.4 is 21.5 Å². The second-order valence-corrected chi connectivity index (χ2v) is 2.67. The standard InChI is InChI=1S/C6H10NO2S.BrH/c1-9-6(8)4-7-2-3-10-5-7;/h2-3,5-6,8H,4H2,1H3;1H/q+1;/p-1. The quantitative estimate of drug-likeness (QED) is 0.451. The Labute approximate surface area is 80.0 Å². The zero-order valence-corrected chi connectivity index (χ0v) is 8.51. The van der Waals surface area contributed by atoms with Gasteiger partial charge in [-0.05, 0) is 0 Å². The SMILES string of the molecule is COC(O)C[n+]1ccsc1.[Br-]. The molecule has 1 heterocycles. The molecule has 0 fully saturated rings. The molecular formula is C6H10BrNO2S. The Bertz CT molecular complexity index is 181. The summed E-state index contributed by atoms with van der Waals surface area (Å²) >= 11 is 1.59. The second kappa shape index (κ2) is 5.65. The largest absolute Gasteiger partial charge is 1.00 e. The van der Waals surface area contributed by atoms with Crippen LogP contribution in [0.4, 0.5) is 0 Å².